The average Bonchev–Trinajstić information content (AvgIpc) is 1.93. The highest BCUT2D eigenvalue weighted by atomic mass is 32.2. The molecule has 1 aliphatic rings. The molecule has 1 heterocycles. The van der Waals surface area contributed by atoms with Crippen LogP contribution >= 0.6 is 11.8 Å². The van der Waals surface area contributed by atoms with Crippen molar-refractivity contribution >= 4 is 23.0 Å². The molecule has 1 saturated heterocycles. The van der Waals surface area contributed by atoms with Gasteiger partial charge in [-0.2, -0.15) is 0 Å². The molecule has 5 heteroatoms. The van der Waals surface area contributed by atoms with Gasteiger partial charge in [-0.25, -0.2) is 4.79 Å². The van der Waals surface area contributed by atoms with Crippen molar-refractivity contribution in [2.45, 2.75) is 0 Å². The molecule has 0 aliphatic carbocycles. The first kappa shape index (κ1) is 7.40. The molecule has 1 fully saturated rings. The van der Waals surface area contributed by atoms with Crippen LogP contribution < -0.4 is 0 Å². The van der Waals surface area contributed by atoms with Gasteiger partial charge in [-0.15, -0.1) is 0 Å². The lowest BCUT2D eigenvalue weighted by Crippen LogP contribution is -2.45. The minimum Gasteiger partial charge on any atom is -0.318 e. The number of amidine groups is 1. The van der Waals surface area contributed by atoms with Gasteiger partial charge in [0, 0.05) is 14.1 Å². The highest BCUT2D eigenvalue weighted by Crippen LogP contribution is 2.15. The minimum absolute atomic E-state index is 0.108. The zero-order chi connectivity index (χ0) is 7.72. The maximum atomic E-state index is 11.0. The fourth-order valence-corrected chi connectivity index (χ4v) is 1.35. The molecule has 0 radical (unpaired) electrons. The summed E-state index contributed by atoms with van der Waals surface area (Å²) in [5, 5.41) is 7.58. The number of carbonyl (C=O) groups is 1. The summed E-state index contributed by atoms with van der Waals surface area (Å²) in [6, 6.07) is -0.108. The fraction of sp³-hybridized carbons (Fsp3) is 0.600. The number of rotatable bonds is 0. The number of nitrogens with zero attached hydrogens (tertiary/aromatic N) is 2. The molecule has 0 bridgehead atoms. The quantitative estimate of drug-likeness (QED) is 0.563. The summed E-state index contributed by atoms with van der Waals surface area (Å²) in [6.45, 7) is 0. The van der Waals surface area contributed by atoms with Gasteiger partial charge in [0.1, 0.15) is 0 Å². The largest absolute Gasteiger partial charge is 0.326 e. The van der Waals surface area contributed by atoms with E-state index in [9.17, 15) is 4.79 Å². The Balaban J connectivity index is 2.70. The molecule has 56 valence electrons. The Kier molecular flexibility index (Phi) is 1.85. The van der Waals surface area contributed by atoms with E-state index in [-0.39, 0.29) is 6.03 Å². The molecule has 0 spiro atoms. The molecular formula is C5H9N3OS. The number of amides is 2. The van der Waals surface area contributed by atoms with Gasteiger partial charge < -0.3 is 4.90 Å². The normalized spacial score (nSPS) is 20.2. The Morgan fingerprint density at radius 1 is 1.60 bits per heavy atom. The zero-order valence-corrected chi connectivity index (χ0v) is 6.73. The van der Waals surface area contributed by atoms with E-state index in [4.69, 9.17) is 5.41 Å². The van der Waals surface area contributed by atoms with Crippen LogP contribution in [-0.2, 0) is 0 Å². The van der Waals surface area contributed by atoms with Crippen LogP contribution in [0.15, 0.2) is 0 Å². The number of nitrogens with one attached hydrogen (secondary N) is 1. The van der Waals surface area contributed by atoms with E-state index in [2.05, 4.69) is 0 Å². The van der Waals surface area contributed by atoms with Crippen molar-refractivity contribution in [3.63, 3.8) is 0 Å². The van der Waals surface area contributed by atoms with Gasteiger partial charge in [-0.05, 0) is 0 Å². The van der Waals surface area contributed by atoms with Crippen LogP contribution in [-0.4, -0.2) is 41.0 Å². The summed E-state index contributed by atoms with van der Waals surface area (Å²) in [7, 11) is 3.32. The van der Waals surface area contributed by atoms with Gasteiger partial charge in [-0.1, -0.05) is 11.8 Å². The van der Waals surface area contributed by atoms with Crippen molar-refractivity contribution in [3.8, 4) is 0 Å². The Bertz CT molecular complexity index is 182. The molecule has 0 unspecified atom stereocenters. The monoisotopic (exact) mass is 159 g/mol. The third-order valence-corrected chi connectivity index (χ3v) is 2.38. The molecule has 1 N–H and O–H groups in total. The zero-order valence-electron chi connectivity index (χ0n) is 5.92. The first-order chi connectivity index (χ1) is 4.63. The third kappa shape index (κ3) is 1.09. The van der Waals surface area contributed by atoms with Crippen molar-refractivity contribution in [2.24, 2.45) is 0 Å². The molecule has 4 nitrogen and oxygen atoms in total. The van der Waals surface area contributed by atoms with Crippen molar-refractivity contribution in [1.82, 2.24) is 9.80 Å². The molecule has 0 saturated carbocycles. The van der Waals surface area contributed by atoms with Gasteiger partial charge in [0.25, 0.3) is 0 Å². The van der Waals surface area contributed by atoms with Crippen LogP contribution in [0.4, 0.5) is 4.79 Å². The number of thioether (sulfide) groups is 1. The second-order valence-electron chi connectivity index (χ2n) is 2.12. The minimum atomic E-state index is -0.108. The number of hydrogen-bond acceptors (Lipinski definition) is 3. The molecular weight excluding hydrogens is 150 g/mol. The number of hydrogen-bond donors (Lipinski definition) is 1. The Morgan fingerprint density at radius 2 is 2.20 bits per heavy atom. The van der Waals surface area contributed by atoms with Crippen LogP contribution in [0.25, 0.3) is 0 Å². The number of carbonyl (C=O) groups excluding carboxylic acids is 1. The highest BCUT2D eigenvalue weighted by Gasteiger charge is 2.23. The van der Waals surface area contributed by atoms with Crippen molar-refractivity contribution in [3.05, 3.63) is 0 Å². The van der Waals surface area contributed by atoms with Crippen molar-refractivity contribution in [2.75, 3.05) is 20.0 Å². The number of urea groups is 1. The van der Waals surface area contributed by atoms with Gasteiger partial charge in [0.05, 0.1) is 5.88 Å². The van der Waals surface area contributed by atoms with E-state index in [1.165, 1.54) is 16.7 Å². The van der Waals surface area contributed by atoms with Crippen LogP contribution in [0.3, 0.4) is 0 Å². The van der Waals surface area contributed by atoms with Gasteiger partial charge >= 0.3 is 6.03 Å². The molecule has 0 aromatic rings. The smallest absolute Gasteiger partial charge is 0.318 e. The lowest BCUT2D eigenvalue weighted by Gasteiger charge is -2.29. The van der Waals surface area contributed by atoms with E-state index < -0.39 is 0 Å². The Hall–Kier alpha value is -0.710. The molecule has 1 aliphatic heterocycles. The summed E-state index contributed by atoms with van der Waals surface area (Å²) < 4.78 is 0. The van der Waals surface area contributed by atoms with Crippen LogP contribution in [0.2, 0.25) is 0 Å². The van der Waals surface area contributed by atoms with Crippen LogP contribution in [0, 0.1) is 5.41 Å². The first-order valence-corrected chi connectivity index (χ1v) is 3.81. The van der Waals surface area contributed by atoms with Crippen LogP contribution in [0.5, 0.6) is 0 Å². The van der Waals surface area contributed by atoms with Gasteiger partial charge in [-0.3, -0.25) is 10.3 Å². The van der Waals surface area contributed by atoms with E-state index in [0.29, 0.717) is 11.0 Å². The van der Waals surface area contributed by atoms with E-state index in [1.54, 1.807) is 19.0 Å². The molecule has 1 rings (SSSR count). The summed E-state index contributed by atoms with van der Waals surface area (Å²) in [4.78, 5) is 13.9. The summed E-state index contributed by atoms with van der Waals surface area (Å²) in [5.74, 6) is 0.585. The lowest BCUT2D eigenvalue weighted by molar-refractivity contribution is 0.198. The first-order valence-electron chi connectivity index (χ1n) is 2.83. The SMILES string of the molecule is CN1CSC(=N)N(C)C1=O. The van der Waals surface area contributed by atoms with E-state index in [0.717, 1.165) is 0 Å². The highest BCUT2D eigenvalue weighted by molar-refractivity contribution is 8.13. The average molecular weight is 159 g/mol. The molecule has 2 amide bonds. The van der Waals surface area contributed by atoms with Crippen molar-refractivity contribution in [1.29, 1.82) is 5.41 Å². The summed E-state index contributed by atoms with van der Waals surface area (Å²) in [5.41, 5.74) is 0. The summed E-state index contributed by atoms with van der Waals surface area (Å²) >= 11 is 1.35. The lowest BCUT2D eigenvalue weighted by atomic mass is 10.7. The second kappa shape index (κ2) is 2.49. The van der Waals surface area contributed by atoms with Gasteiger partial charge in [0.15, 0.2) is 5.17 Å². The second-order valence-corrected chi connectivity index (χ2v) is 3.05. The Morgan fingerprint density at radius 3 is 2.70 bits per heavy atom. The van der Waals surface area contributed by atoms with Crippen molar-refractivity contribution < 1.29 is 4.79 Å². The van der Waals surface area contributed by atoms with E-state index in [1.807, 2.05) is 0 Å². The van der Waals surface area contributed by atoms with Gasteiger partial charge in [0.2, 0.25) is 0 Å². The third-order valence-electron chi connectivity index (χ3n) is 1.31. The molecule has 0 aromatic heterocycles. The van der Waals surface area contributed by atoms with Crippen LogP contribution in [0.1, 0.15) is 0 Å². The maximum Gasteiger partial charge on any atom is 0.326 e. The van der Waals surface area contributed by atoms with E-state index >= 15 is 0 Å². The molecule has 0 aromatic carbocycles. The summed E-state index contributed by atoms with van der Waals surface area (Å²) in [6.07, 6.45) is 0. The standard InChI is InChI=1S/C5H9N3OS/c1-7-3-10-4(6)8(2)5(7)9/h6H,3H2,1-2H3. The fourth-order valence-electron chi connectivity index (χ4n) is 0.653. The predicted octanol–water partition coefficient (Wildman–Crippen LogP) is 0.609. The predicted molar refractivity (Wildman–Crippen MR) is 41.1 cm³/mol. The topological polar surface area (TPSA) is 47.4 Å². The molecule has 0 atom stereocenters. The maximum absolute atomic E-state index is 11.0. The Labute approximate surface area is 63.7 Å². The molecule has 10 heavy (non-hydrogen) atoms.